The summed E-state index contributed by atoms with van der Waals surface area (Å²) in [4.78, 5) is 40.7. The van der Waals surface area contributed by atoms with Crippen LogP contribution in [0.5, 0.6) is 0 Å². The Balaban J connectivity index is 1.44. The van der Waals surface area contributed by atoms with Gasteiger partial charge in [0, 0.05) is 17.2 Å². The van der Waals surface area contributed by atoms with Gasteiger partial charge in [-0.25, -0.2) is 4.98 Å². The number of methoxy groups -OCH3 is 1. The average Bonchev–Trinajstić information content (AvgIpc) is 3.39. The Morgan fingerprint density at radius 3 is 2.69 bits per heavy atom. The number of nitrogens with zero attached hydrogens (tertiary/aromatic N) is 2. The molecule has 3 N–H and O–H groups in total. The Morgan fingerprint density at radius 1 is 1.20 bits per heavy atom. The van der Waals surface area contributed by atoms with E-state index in [-0.39, 0.29) is 30.0 Å². The largest absolute Gasteiger partial charge is 0.469 e. The van der Waals surface area contributed by atoms with Gasteiger partial charge in [-0.2, -0.15) is 5.10 Å². The fourth-order valence-corrected chi connectivity index (χ4v) is 4.09. The first-order valence-corrected chi connectivity index (χ1v) is 12.5. The third-order valence-corrected chi connectivity index (χ3v) is 6.66. The van der Waals surface area contributed by atoms with Crippen LogP contribution in [0.4, 0.5) is 0 Å². The molecule has 0 radical (unpaired) electrons. The minimum absolute atomic E-state index is 0.0274. The molecule has 2 amide bonds. The molecule has 1 aliphatic rings. The smallest absolute Gasteiger partial charge is 0.308 e. The molecule has 2 atom stereocenters. The number of hydrogen-bond acceptors (Lipinski definition) is 8. The number of amides is 2. The number of rotatable bonds is 10. The van der Waals surface area contributed by atoms with Crippen molar-refractivity contribution in [1.29, 1.82) is 0 Å². The van der Waals surface area contributed by atoms with E-state index < -0.39 is 17.3 Å². The third-order valence-electron chi connectivity index (χ3n) is 5.80. The molecule has 1 fully saturated rings. The highest BCUT2D eigenvalue weighted by Crippen LogP contribution is 2.32. The Labute approximate surface area is 206 Å². The summed E-state index contributed by atoms with van der Waals surface area (Å²) >= 11 is 1.32. The Bertz CT molecular complexity index is 1220. The van der Waals surface area contributed by atoms with Crippen molar-refractivity contribution in [2.45, 2.75) is 37.6 Å². The minimum atomic E-state index is -0.479. The minimum Gasteiger partial charge on any atom is -0.469 e. The predicted molar refractivity (Wildman–Crippen MR) is 131 cm³/mol. The number of ether oxygens (including phenoxy) is 1. The van der Waals surface area contributed by atoms with Crippen LogP contribution in [0.3, 0.4) is 0 Å². The molecule has 4 rings (SSSR count). The molecule has 0 saturated heterocycles. The Morgan fingerprint density at radius 2 is 1.97 bits per heavy atom. The van der Waals surface area contributed by atoms with Crippen LogP contribution < -0.4 is 10.6 Å². The van der Waals surface area contributed by atoms with E-state index in [1.54, 1.807) is 18.4 Å². The van der Waals surface area contributed by atoms with Crippen LogP contribution in [0, 0.1) is 5.92 Å². The van der Waals surface area contributed by atoms with Gasteiger partial charge in [0.2, 0.25) is 11.7 Å². The quantitative estimate of drug-likeness (QED) is 0.287. The fraction of sp³-hybridized carbons (Fsp3) is 0.375. The number of oxazole rings is 1. The molecule has 11 heteroatoms. The van der Waals surface area contributed by atoms with E-state index in [2.05, 4.69) is 30.6 Å². The van der Waals surface area contributed by atoms with E-state index in [0.717, 1.165) is 18.4 Å². The van der Waals surface area contributed by atoms with Crippen LogP contribution in [-0.2, 0) is 9.53 Å². The Hall–Kier alpha value is -3.60. The predicted octanol–water partition coefficient (Wildman–Crippen LogP) is 3.24. The molecule has 0 aliphatic heterocycles. The summed E-state index contributed by atoms with van der Waals surface area (Å²) in [5, 5.41) is 12.3. The van der Waals surface area contributed by atoms with Gasteiger partial charge in [0.15, 0.2) is 5.69 Å². The molecule has 35 heavy (non-hydrogen) atoms. The molecule has 2 heterocycles. The normalized spacial score (nSPS) is 14.7. The van der Waals surface area contributed by atoms with E-state index in [4.69, 9.17) is 4.42 Å². The molecule has 0 spiro atoms. The number of H-pyrrole nitrogens is 1. The first kappa shape index (κ1) is 24.5. The summed E-state index contributed by atoms with van der Waals surface area (Å²) in [7, 11) is 1.30. The standard InChI is InChI=1S/C24H27N5O5S/c1-13(14-7-8-14)26-22(31)18-10-17(28-29-18)15-5-4-6-16(9-15)24-25-12-19(34-24)23(32)27-20(35-3)11-21(30)33-2/h4-6,9-10,12-14,20H,7-8,11H2,1-3H3,(H,26,31)(H,27,32)(H,28,29)/t13-,20?/m0/s1. The number of aromatic amines is 1. The average molecular weight is 498 g/mol. The topological polar surface area (TPSA) is 139 Å². The van der Waals surface area contributed by atoms with Gasteiger partial charge in [-0.05, 0) is 50.1 Å². The number of esters is 1. The van der Waals surface area contributed by atoms with E-state index in [9.17, 15) is 14.4 Å². The lowest BCUT2D eigenvalue weighted by Crippen LogP contribution is -2.34. The highest BCUT2D eigenvalue weighted by atomic mass is 32.2. The first-order valence-electron chi connectivity index (χ1n) is 11.2. The van der Waals surface area contributed by atoms with Crippen LogP contribution in [0.15, 0.2) is 40.9 Å². The van der Waals surface area contributed by atoms with Crippen LogP contribution in [-0.4, -0.2) is 57.7 Å². The number of thioether (sulfide) groups is 1. The summed E-state index contributed by atoms with van der Waals surface area (Å²) in [6, 6.07) is 9.17. The van der Waals surface area contributed by atoms with E-state index >= 15 is 0 Å². The van der Waals surface area contributed by atoms with Gasteiger partial charge in [0.25, 0.3) is 11.8 Å². The van der Waals surface area contributed by atoms with Crippen molar-refractivity contribution >= 4 is 29.5 Å². The maximum Gasteiger partial charge on any atom is 0.308 e. The van der Waals surface area contributed by atoms with Crippen molar-refractivity contribution in [1.82, 2.24) is 25.8 Å². The van der Waals surface area contributed by atoms with Crippen LogP contribution in [0.1, 0.15) is 47.2 Å². The SMILES string of the molecule is COC(=O)CC(NC(=O)c1cnc(-c2cccc(-c3cc(C(=O)N[C@@H](C)C4CC4)n[nH]3)c2)o1)SC. The lowest BCUT2D eigenvalue weighted by molar-refractivity contribution is -0.140. The van der Waals surface area contributed by atoms with Gasteiger partial charge in [-0.3, -0.25) is 19.5 Å². The molecular weight excluding hydrogens is 470 g/mol. The number of carbonyl (C=O) groups excluding carboxylic acids is 3. The maximum absolute atomic E-state index is 12.5. The molecule has 10 nitrogen and oxygen atoms in total. The molecule has 1 aliphatic carbocycles. The molecule has 1 unspecified atom stereocenters. The summed E-state index contributed by atoms with van der Waals surface area (Å²) in [5.41, 5.74) is 2.43. The van der Waals surface area contributed by atoms with Crippen molar-refractivity contribution in [3.8, 4) is 22.7 Å². The summed E-state index contributed by atoms with van der Waals surface area (Å²) in [6.45, 7) is 2.01. The van der Waals surface area contributed by atoms with E-state index in [1.807, 2.05) is 25.1 Å². The van der Waals surface area contributed by atoms with E-state index in [0.29, 0.717) is 22.9 Å². The monoisotopic (exact) mass is 497 g/mol. The molecule has 0 bridgehead atoms. The Kier molecular flexibility index (Phi) is 7.54. The zero-order chi connectivity index (χ0) is 24.9. The van der Waals surface area contributed by atoms with E-state index in [1.165, 1.54) is 25.1 Å². The van der Waals surface area contributed by atoms with Gasteiger partial charge in [-0.1, -0.05) is 12.1 Å². The van der Waals surface area contributed by atoms with Crippen LogP contribution in [0.25, 0.3) is 22.7 Å². The highest BCUT2D eigenvalue weighted by Gasteiger charge is 2.29. The summed E-state index contributed by atoms with van der Waals surface area (Å²) in [5.74, 6) is -0.256. The first-order chi connectivity index (χ1) is 16.9. The van der Waals surface area contributed by atoms with Crippen LogP contribution >= 0.6 is 11.8 Å². The second-order valence-corrected chi connectivity index (χ2v) is 9.40. The number of benzene rings is 1. The lowest BCUT2D eigenvalue weighted by Gasteiger charge is -2.13. The van der Waals surface area contributed by atoms with Gasteiger partial charge < -0.3 is 19.8 Å². The highest BCUT2D eigenvalue weighted by molar-refractivity contribution is 7.99. The number of hydrogen-bond donors (Lipinski definition) is 3. The van der Waals surface area contributed by atoms with Gasteiger partial charge >= 0.3 is 5.97 Å². The fourth-order valence-electron chi connectivity index (χ4n) is 3.56. The van der Waals surface area contributed by atoms with Crippen molar-refractivity contribution in [3.05, 3.63) is 48.0 Å². The second kappa shape index (κ2) is 10.8. The van der Waals surface area contributed by atoms with Crippen molar-refractivity contribution < 1.29 is 23.5 Å². The summed E-state index contributed by atoms with van der Waals surface area (Å²) in [6.07, 6.45) is 5.46. The van der Waals surface area contributed by atoms with Crippen molar-refractivity contribution in [3.63, 3.8) is 0 Å². The number of nitrogens with one attached hydrogen (secondary N) is 3. The zero-order valence-corrected chi connectivity index (χ0v) is 20.5. The molecular formula is C24H27N5O5S. The molecule has 1 aromatic carbocycles. The van der Waals surface area contributed by atoms with Gasteiger partial charge in [-0.15, -0.1) is 11.8 Å². The van der Waals surface area contributed by atoms with Gasteiger partial charge in [0.05, 0.1) is 30.8 Å². The molecule has 1 saturated carbocycles. The lowest BCUT2D eigenvalue weighted by atomic mass is 10.1. The summed E-state index contributed by atoms with van der Waals surface area (Å²) < 4.78 is 10.3. The van der Waals surface area contributed by atoms with Gasteiger partial charge in [0.1, 0.15) is 0 Å². The molecule has 2 aromatic heterocycles. The molecule has 3 aromatic rings. The number of aromatic nitrogens is 3. The zero-order valence-electron chi connectivity index (χ0n) is 19.7. The second-order valence-electron chi connectivity index (χ2n) is 8.35. The van der Waals surface area contributed by atoms with Crippen molar-refractivity contribution in [2.75, 3.05) is 13.4 Å². The van der Waals surface area contributed by atoms with Crippen molar-refractivity contribution in [2.24, 2.45) is 5.92 Å². The molecule has 184 valence electrons. The third kappa shape index (κ3) is 6.10. The van der Waals surface area contributed by atoms with Crippen LogP contribution in [0.2, 0.25) is 0 Å². The maximum atomic E-state index is 12.5. The number of carbonyl (C=O) groups is 3.